The van der Waals surface area contributed by atoms with E-state index in [4.69, 9.17) is 4.74 Å². The minimum atomic E-state index is 0.236. The summed E-state index contributed by atoms with van der Waals surface area (Å²) in [6.07, 6.45) is 2.85. The molecule has 0 aromatic carbocycles. The monoisotopic (exact) mass is 293 g/mol. The van der Waals surface area contributed by atoms with Gasteiger partial charge in [-0.15, -0.1) is 0 Å². The third-order valence-electron chi connectivity index (χ3n) is 4.54. The van der Waals surface area contributed by atoms with E-state index < -0.39 is 0 Å². The van der Waals surface area contributed by atoms with Crippen LogP contribution in [0.2, 0.25) is 0 Å². The Balaban J connectivity index is 1.51. The number of piperidine rings is 1. The van der Waals surface area contributed by atoms with Crippen LogP contribution in [0.25, 0.3) is 0 Å². The fourth-order valence-electron chi connectivity index (χ4n) is 3.41. The fraction of sp³-hybridized carbons (Fsp3) is 0.867. The van der Waals surface area contributed by atoms with E-state index in [0.717, 1.165) is 43.8 Å². The maximum Gasteiger partial charge on any atom is 0.147 e. The van der Waals surface area contributed by atoms with Gasteiger partial charge in [0.2, 0.25) is 0 Å². The van der Waals surface area contributed by atoms with Crippen molar-refractivity contribution >= 4 is 0 Å². The molecule has 0 radical (unpaired) electrons. The van der Waals surface area contributed by atoms with E-state index in [1.807, 2.05) is 18.5 Å². The third-order valence-corrected chi connectivity index (χ3v) is 4.54. The van der Waals surface area contributed by atoms with Crippen molar-refractivity contribution in [1.82, 2.24) is 25.0 Å². The third kappa shape index (κ3) is 4.02. The first-order valence-corrected chi connectivity index (χ1v) is 8.13. The lowest BCUT2D eigenvalue weighted by Gasteiger charge is -2.36. The topological polar surface area (TPSA) is 55.2 Å². The molecule has 0 bridgehead atoms. The molecule has 0 spiro atoms. The Kier molecular flexibility index (Phi) is 4.87. The summed E-state index contributed by atoms with van der Waals surface area (Å²) in [5.74, 6) is 2.67. The SMILES string of the molecule is Cc1nc(C)n(CC2CN(CC3CCNCC3)CCO2)n1. The minimum absolute atomic E-state index is 0.236. The zero-order valence-corrected chi connectivity index (χ0v) is 13.2. The quantitative estimate of drug-likeness (QED) is 0.881. The summed E-state index contributed by atoms with van der Waals surface area (Å²) in [7, 11) is 0. The van der Waals surface area contributed by atoms with Crippen molar-refractivity contribution in [3.63, 3.8) is 0 Å². The molecule has 3 rings (SSSR count). The van der Waals surface area contributed by atoms with Crippen LogP contribution in [-0.2, 0) is 11.3 Å². The average molecular weight is 293 g/mol. The maximum absolute atomic E-state index is 5.92. The second kappa shape index (κ2) is 6.85. The lowest BCUT2D eigenvalue weighted by molar-refractivity contribution is -0.0429. The first-order chi connectivity index (χ1) is 10.2. The molecule has 0 saturated carbocycles. The van der Waals surface area contributed by atoms with Crippen LogP contribution in [0.15, 0.2) is 0 Å². The maximum atomic E-state index is 5.92. The number of aromatic nitrogens is 3. The number of morpholine rings is 1. The summed E-state index contributed by atoms with van der Waals surface area (Å²) < 4.78 is 7.90. The van der Waals surface area contributed by atoms with Crippen LogP contribution in [0.4, 0.5) is 0 Å². The summed E-state index contributed by atoms with van der Waals surface area (Å²) >= 11 is 0. The molecular formula is C15H27N5O. The van der Waals surface area contributed by atoms with E-state index in [1.54, 1.807) is 0 Å². The predicted octanol–water partition coefficient (Wildman–Crippen LogP) is 0.595. The Labute approximate surface area is 126 Å². The molecule has 2 aliphatic heterocycles. The largest absolute Gasteiger partial charge is 0.374 e. The van der Waals surface area contributed by atoms with Gasteiger partial charge in [-0.25, -0.2) is 9.67 Å². The molecule has 21 heavy (non-hydrogen) atoms. The molecule has 1 unspecified atom stereocenters. The molecule has 1 atom stereocenters. The fourth-order valence-corrected chi connectivity index (χ4v) is 3.41. The molecule has 6 nitrogen and oxygen atoms in total. The smallest absolute Gasteiger partial charge is 0.147 e. The number of nitrogens with zero attached hydrogens (tertiary/aromatic N) is 4. The van der Waals surface area contributed by atoms with Gasteiger partial charge in [0.05, 0.1) is 19.3 Å². The van der Waals surface area contributed by atoms with Gasteiger partial charge in [0.1, 0.15) is 11.6 Å². The lowest BCUT2D eigenvalue weighted by atomic mass is 9.97. The Morgan fingerprint density at radius 2 is 2.05 bits per heavy atom. The summed E-state index contributed by atoms with van der Waals surface area (Å²) in [6, 6.07) is 0. The molecule has 0 amide bonds. The van der Waals surface area contributed by atoms with Crippen molar-refractivity contribution in [2.24, 2.45) is 5.92 Å². The highest BCUT2D eigenvalue weighted by molar-refractivity contribution is 4.89. The van der Waals surface area contributed by atoms with Crippen molar-refractivity contribution in [3.05, 3.63) is 11.6 Å². The van der Waals surface area contributed by atoms with Crippen molar-refractivity contribution in [2.75, 3.05) is 39.3 Å². The zero-order chi connectivity index (χ0) is 14.7. The molecular weight excluding hydrogens is 266 g/mol. The van der Waals surface area contributed by atoms with Crippen molar-refractivity contribution in [2.45, 2.75) is 39.3 Å². The molecule has 1 aromatic heterocycles. The van der Waals surface area contributed by atoms with Crippen LogP contribution in [0.1, 0.15) is 24.5 Å². The molecule has 6 heteroatoms. The first kappa shape index (κ1) is 14.9. The van der Waals surface area contributed by atoms with E-state index in [9.17, 15) is 0 Å². The number of hydrogen-bond acceptors (Lipinski definition) is 5. The summed E-state index contributed by atoms with van der Waals surface area (Å²) in [4.78, 5) is 6.94. The van der Waals surface area contributed by atoms with Crippen LogP contribution >= 0.6 is 0 Å². The van der Waals surface area contributed by atoms with E-state index in [0.29, 0.717) is 0 Å². The highest BCUT2D eigenvalue weighted by Gasteiger charge is 2.24. The van der Waals surface area contributed by atoms with Gasteiger partial charge in [-0.2, -0.15) is 5.10 Å². The molecule has 2 saturated heterocycles. The van der Waals surface area contributed by atoms with E-state index in [-0.39, 0.29) is 6.10 Å². The van der Waals surface area contributed by atoms with Crippen LogP contribution in [0.5, 0.6) is 0 Å². The van der Waals surface area contributed by atoms with Crippen molar-refractivity contribution in [3.8, 4) is 0 Å². The highest BCUT2D eigenvalue weighted by Crippen LogP contribution is 2.16. The number of aryl methyl sites for hydroxylation is 2. The molecule has 118 valence electrons. The number of rotatable bonds is 4. The minimum Gasteiger partial charge on any atom is -0.374 e. The normalized spacial score (nSPS) is 25.3. The van der Waals surface area contributed by atoms with E-state index >= 15 is 0 Å². The molecule has 2 aliphatic rings. The first-order valence-electron chi connectivity index (χ1n) is 8.13. The Morgan fingerprint density at radius 1 is 1.24 bits per heavy atom. The summed E-state index contributed by atoms with van der Waals surface area (Å²) in [6.45, 7) is 11.3. The number of nitrogens with one attached hydrogen (secondary N) is 1. The van der Waals surface area contributed by atoms with Gasteiger partial charge in [0, 0.05) is 19.6 Å². The Bertz CT molecular complexity index is 455. The van der Waals surface area contributed by atoms with Crippen molar-refractivity contribution in [1.29, 1.82) is 0 Å². The standard InChI is InChI=1S/C15H27N5O/c1-12-17-13(2)20(18-12)11-15-10-19(7-8-21-15)9-14-3-5-16-6-4-14/h14-16H,3-11H2,1-2H3. The molecule has 2 fully saturated rings. The average Bonchev–Trinajstić information content (AvgIpc) is 2.78. The van der Waals surface area contributed by atoms with Gasteiger partial charge in [-0.3, -0.25) is 4.90 Å². The molecule has 3 heterocycles. The van der Waals surface area contributed by atoms with Crippen LogP contribution < -0.4 is 5.32 Å². The predicted molar refractivity (Wildman–Crippen MR) is 81.3 cm³/mol. The van der Waals surface area contributed by atoms with Crippen molar-refractivity contribution < 1.29 is 4.74 Å². The van der Waals surface area contributed by atoms with Crippen LogP contribution in [0.3, 0.4) is 0 Å². The molecule has 1 aromatic rings. The second-order valence-corrected chi connectivity index (χ2v) is 6.33. The number of ether oxygens (including phenoxy) is 1. The van der Waals surface area contributed by atoms with Gasteiger partial charge < -0.3 is 10.1 Å². The molecule has 1 N–H and O–H groups in total. The number of hydrogen-bond donors (Lipinski definition) is 1. The van der Waals surface area contributed by atoms with E-state index in [1.165, 1.54) is 32.5 Å². The summed E-state index contributed by atoms with van der Waals surface area (Å²) in [5.41, 5.74) is 0. The van der Waals surface area contributed by atoms with Gasteiger partial charge in [-0.1, -0.05) is 0 Å². The molecule has 0 aliphatic carbocycles. The second-order valence-electron chi connectivity index (χ2n) is 6.33. The van der Waals surface area contributed by atoms with E-state index in [2.05, 4.69) is 20.3 Å². The summed E-state index contributed by atoms with van der Waals surface area (Å²) in [5, 5.41) is 7.88. The lowest BCUT2D eigenvalue weighted by Crippen LogP contribution is -2.47. The zero-order valence-electron chi connectivity index (χ0n) is 13.2. The Hall–Kier alpha value is -0.980. The van der Waals surface area contributed by atoms with Gasteiger partial charge in [0.25, 0.3) is 0 Å². The van der Waals surface area contributed by atoms with Gasteiger partial charge >= 0.3 is 0 Å². The van der Waals surface area contributed by atoms with Crippen LogP contribution in [0, 0.1) is 19.8 Å². The highest BCUT2D eigenvalue weighted by atomic mass is 16.5. The van der Waals surface area contributed by atoms with Gasteiger partial charge in [-0.05, 0) is 45.7 Å². The van der Waals surface area contributed by atoms with Gasteiger partial charge in [0.15, 0.2) is 0 Å². The Morgan fingerprint density at radius 3 is 2.76 bits per heavy atom. The van der Waals surface area contributed by atoms with Crippen LogP contribution in [-0.4, -0.2) is 65.1 Å².